The first-order valence-electron chi connectivity index (χ1n) is 8.08. The molecule has 0 aliphatic rings. The van der Waals surface area contributed by atoms with Crippen LogP contribution in [0.1, 0.15) is 0 Å². The molecule has 1 heterocycles. The first kappa shape index (κ1) is 14.4. The summed E-state index contributed by atoms with van der Waals surface area (Å²) in [6.07, 6.45) is 1.84. The van der Waals surface area contributed by atoms with E-state index in [0.29, 0.717) is 0 Å². The van der Waals surface area contributed by atoms with Gasteiger partial charge in [-0.25, -0.2) is 0 Å². The molecule has 0 radical (unpaired) electrons. The van der Waals surface area contributed by atoms with Crippen molar-refractivity contribution in [3.05, 3.63) is 103 Å². The van der Waals surface area contributed by atoms with Crippen LogP contribution in [0.2, 0.25) is 0 Å². The Hall–Kier alpha value is -3.19. The average Bonchev–Trinajstić information content (AvgIpc) is 2.68. The van der Waals surface area contributed by atoms with E-state index in [1.165, 1.54) is 26.9 Å². The van der Waals surface area contributed by atoms with Crippen LogP contribution in [0.25, 0.3) is 32.4 Å². The summed E-state index contributed by atoms with van der Waals surface area (Å²) in [5, 5.41) is 6.30. The Balaban J connectivity index is 0.000000129. The largest absolute Gasteiger partial charge is 0.256 e. The lowest BCUT2D eigenvalue weighted by molar-refractivity contribution is 1.43. The van der Waals surface area contributed by atoms with Crippen molar-refractivity contribution in [3.63, 3.8) is 0 Å². The van der Waals surface area contributed by atoms with E-state index in [2.05, 4.69) is 96.0 Å². The van der Waals surface area contributed by atoms with Crippen LogP contribution in [0.4, 0.5) is 0 Å². The number of pyridine rings is 1. The zero-order chi connectivity index (χ0) is 16.2. The predicted molar refractivity (Wildman–Crippen MR) is 103 cm³/mol. The minimum atomic E-state index is 1.09. The molecule has 4 aromatic carbocycles. The summed E-state index contributed by atoms with van der Waals surface area (Å²) >= 11 is 0. The molecule has 0 atom stereocenters. The zero-order valence-electron chi connectivity index (χ0n) is 13.3. The lowest BCUT2D eigenvalue weighted by atomic mass is 10.1. The fourth-order valence-corrected chi connectivity index (χ4v) is 2.95. The topological polar surface area (TPSA) is 12.9 Å². The van der Waals surface area contributed by atoms with E-state index in [4.69, 9.17) is 0 Å². The maximum atomic E-state index is 4.41. The van der Waals surface area contributed by atoms with Crippen LogP contribution in [-0.2, 0) is 0 Å². The third-order valence-corrected chi connectivity index (χ3v) is 4.16. The number of hydrogen-bond donors (Lipinski definition) is 0. The molecule has 5 rings (SSSR count). The zero-order valence-corrected chi connectivity index (χ0v) is 13.3. The molecule has 114 valence electrons. The SMILES string of the molecule is c1ccc2c(c1)ccc1cccnc12.c1ccc2ccccc2c1. The standard InChI is InChI=1S/C13H9N.C10H8/c1-2-6-12-10(4-1)7-8-11-5-3-9-14-13(11)12;1-2-6-10-8-4-3-7-9(10)5-1/h1-9H;1-8H. The van der Waals surface area contributed by atoms with Crippen LogP contribution < -0.4 is 0 Å². The van der Waals surface area contributed by atoms with Gasteiger partial charge >= 0.3 is 0 Å². The minimum absolute atomic E-state index is 1.09. The summed E-state index contributed by atoms with van der Waals surface area (Å²) in [4.78, 5) is 4.41. The lowest BCUT2D eigenvalue weighted by Gasteiger charge is -2.01. The molecule has 0 unspecified atom stereocenters. The maximum Gasteiger partial charge on any atom is 0.0780 e. The normalized spacial score (nSPS) is 10.5. The van der Waals surface area contributed by atoms with Gasteiger partial charge in [-0.05, 0) is 22.2 Å². The van der Waals surface area contributed by atoms with E-state index in [1.54, 1.807) is 0 Å². The van der Waals surface area contributed by atoms with Crippen LogP contribution in [-0.4, -0.2) is 4.98 Å². The van der Waals surface area contributed by atoms with Crippen LogP contribution in [0.3, 0.4) is 0 Å². The Morgan fingerprint density at radius 2 is 0.917 bits per heavy atom. The van der Waals surface area contributed by atoms with Crippen molar-refractivity contribution in [1.82, 2.24) is 4.98 Å². The van der Waals surface area contributed by atoms with Crippen molar-refractivity contribution in [1.29, 1.82) is 0 Å². The number of aromatic nitrogens is 1. The summed E-state index contributed by atoms with van der Waals surface area (Å²) in [6, 6.07) is 33.4. The van der Waals surface area contributed by atoms with Crippen molar-refractivity contribution in [2.45, 2.75) is 0 Å². The second-order valence-corrected chi connectivity index (χ2v) is 5.71. The molecule has 1 nitrogen and oxygen atoms in total. The van der Waals surface area contributed by atoms with Gasteiger partial charge in [0, 0.05) is 17.0 Å². The predicted octanol–water partition coefficient (Wildman–Crippen LogP) is 6.23. The van der Waals surface area contributed by atoms with E-state index in [1.807, 2.05) is 12.3 Å². The number of fused-ring (bicyclic) bond motifs is 4. The first-order chi connectivity index (χ1) is 11.9. The van der Waals surface area contributed by atoms with Crippen molar-refractivity contribution in [2.24, 2.45) is 0 Å². The van der Waals surface area contributed by atoms with Crippen molar-refractivity contribution >= 4 is 32.4 Å². The highest BCUT2D eigenvalue weighted by Gasteiger charge is 1.98. The molecule has 5 aromatic rings. The number of benzene rings is 4. The molecule has 0 spiro atoms. The van der Waals surface area contributed by atoms with E-state index < -0.39 is 0 Å². The van der Waals surface area contributed by atoms with E-state index in [9.17, 15) is 0 Å². The lowest BCUT2D eigenvalue weighted by Crippen LogP contribution is -1.79. The first-order valence-corrected chi connectivity index (χ1v) is 8.08. The molecule has 0 saturated heterocycles. The summed E-state index contributed by atoms with van der Waals surface area (Å²) in [5.41, 5.74) is 1.09. The van der Waals surface area contributed by atoms with Crippen molar-refractivity contribution in [3.8, 4) is 0 Å². The number of rotatable bonds is 0. The Morgan fingerprint density at radius 3 is 1.58 bits per heavy atom. The summed E-state index contributed by atoms with van der Waals surface area (Å²) < 4.78 is 0. The van der Waals surface area contributed by atoms with E-state index in [-0.39, 0.29) is 0 Å². The molecule has 1 heteroatoms. The number of nitrogens with zero attached hydrogens (tertiary/aromatic N) is 1. The summed E-state index contributed by atoms with van der Waals surface area (Å²) in [5.74, 6) is 0. The van der Waals surface area contributed by atoms with Crippen LogP contribution in [0, 0.1) is 0 Å². The molecule has 1 aromatic heterocycles. The summed E-state index contributed by atoms with van der Waals surface area (Å²) in [6.45, 7) is 0. The minimum Gasteiger partial charge on any atom is -0.256 e. The molecule has 0 N–H and O–H groups in total. The summed E-state index contributed by atoms with van der Waals surface area (Å²) in [7, 11) is 0. The monoisotopic (exact) mass is 307 g/mol. The molecule has 0 aliphatic carbocycles. The van der Waals surface area contributed by atoms with Crippen molar-refractivity contribution in [2.75, 3.05) is 0 Å². The molecule has 0 saturated carbocycles. The Labute approximate surface area is 141 Å². The quantitative estimate of drug-likeness (QED) is 0.309. The fraction of sp³-hybridized carbons (Fsp3) is 0. The highest BCUT2D eigenvalue weighted by Crippen LogP contribution is 2.22. The van der Waals surface area contributed by atoms with Gasteiger partial charge in [0.1, 0.15) is 0 Å². The van der Waals surface area contributed by atoms with Gasteiger partial charge in [-0.15, -0.1) is 0 Å². The van der Waals surface area contributed by atoms with Crippen molar-refractivity contribution < 1.29 is 0 Å². The Morgan fingerprint density at radius 1 is 0.417 bits per heavy atom. The molecule has 0 amide bonds. The highest BCUT2D eigenvalue weighted by atomic mass is 14.6. The maximum absolute atomic E-state index is 4.41. The molecule has 0 fully saturated rings. The molecule has 0 bridgehead atoms. The molecular weight excluding hydrogens is 290 g/mol. The van der Waals surface area contributed by atoms with Crippen LogP contribution >= 0.6 is 0 Å². The van der Waals surface area contributed by atoms with Crippen LogP contribution in [0.15, 0.2) is 103 Å². The van der Waals surface area contributed by atoms with Gasteiger partial charge in [-0.2, -0.15) is 0 Å². The van der Waals surface area contributed by atoms with Gasteiger partial charge in [0.15, 0.2) is 0 Å². The molecular formula is C23H17N. The highest BCUT2D eigenvalue weighted by molar-refractivity contribution is 6.04. The van der Waals surface area contributed by atoms with Gasteiger partial charge in [0.25, 0.3) is 0 Å². The molecule has 0 aliphatic heterocycles. The number of hydrogen-bond acceptors (Lipinski definition) is 1. The van der Waals surface area contributed by atoms with Crippen LogP contribution in [0.5, 0.6) is 0 Å². The smallest absolute Gasteiger partial charge is 0.0780 e. The second-order valence-electron chi connectivity index (χ2n) is 5.71. The Kier molecular flexibility index (Phi) is 3.91. The van der Waals surface area contributed by atoms with Gasteiger partial charge in [-0.1, -0.05) is 91.0 Å². The van der Waals surface area contributed by atoms with Gasteiger partial charge < -0.3 is 0 Å². The van der Waals surface area contributed by atoms with Gasteiger partial charge in [-0.3, -0.25) is 4.98 Å². The second kappa shape index (κ2) is 6.51. The third kappa shape index (κ3) is 2.84. The third-order valence-electron chi connectivity index (χ3n) is 4.16. The van der Waals surface area contributed by atoms with E-state index >= 15 is 0 Å². The van der Waals surface area contributed by atoms with E-state index in [0.717, 1.165) is 5.52 Å². The Bertz CT molecular complexity index is 992. The van der Waals surface area contributed by atoms with Gasteiger partial charge in [0.2, 0.25) is 0 Å². The van der Waals surface area contributed by atoms with Gasteiger partial charge in [0.05, 0.1) is 5.52 Å². The fourth-order valence-electron chi connectivity index (χ4n) is 2.95. The average molecular weight is 307 g/mol. The molecule has 24 heavy (non-hydrogen) atoms.